The van der Waals surface area contributed by atoms with Gasteiger partial charge in [0.15, 0.2) is 0 Å². The lowest BCUT2D eigenvalue weighted by atomic mass is 10.3. The molecule has 0 bridgehead atoms. The SMILES string of the molecule is CSc1cccc(Nc2nc(Cl)ncc2Br)c1. The summed E-state index contributed by atoms with van der Waals surface area (Å²) in [6, 6.07) is 8.07. The molecule has 0 atom stereocenters. The van der Waals surface area contributed by atoms with Crippen molar-refractivity contribution in [1.29, 1.82) is 0 Å². The van der Waals surface area contributed by atoms with Gasteiger partial charge in [-0.25, -0.2) is 4.98 Å². The molecule has 0 aliphatic rings. The molecule has 0 spiro atoms. The van der Waals surface area contributed by atoms with E-state index in [-0.39, 0.29) is 5.28 Å². The quantitative estimate of drug-likeness (QED) is 0.670. The lowest BCUT2D eigenvalue weighted by Gasteiger charge is -2.08. The summed E-state index contributed by atoms with van der Waals surface area (Å²) >= 11 is 10.8. The van der Waals surface area contributed by atoms with Gasteiger partial charge in [-0.2, -0.15) is 4.98 Å². The lowest BCUT2D eigenvalue weighted by Crippen LogP contribution is -1.96. The molecule has 3 nitrogen and oxygen atoms in total. The molecule has 0 aliphatic heterocycles. The zero-order valence-corrected chi connectivity index (χ0v) is 12.1. The first-order chi connectivity index (χ1) is 8.19. The third kappa shape index (κ3) is 3.34. The summed E-state index contributed by atoms with van der Waals surface area (Å²) in [6.45, 7) is 0. The zero-order valence-electron chi connectivity index (χ0n) is 8.95. The number of hydrogen-bond donors (Lipinski definition) is 1. The molecule has 0 aliphatic carbocycles. The molecule has 2 aromatic rings. The molecule has 2 rings (SSSR count). The molecular formula is C11H9BrClN3S. The Balaban J connectivity index is 2.27. The van der Waals surface area contributed by atoms with E-state index in [0.29, 0.717) is 5.82 Å². The highest BCUT2D eigenvalue weighted by molar-refractivity contribution is 9.10. The van der Waals surface area contributed by atoms with Crippen LogP contribution in [-0.4, -0.2) is 16.2 Å². The van der Waals surface area contributed by atoms with Crippen LogP contribution in [0, 0.1) is 0 Å². The van der Waals surface area contributed by atoms with Gasteiger partial charge in [-0.3, -0.25) is 0 Å². The molecule has 1 aromatic heterocycles. The van der Waals surface area contributed by atoms with E-state index in [1.54, 1.807) is 18.0 Å². The minimum Gasteiger partial charge on any atom is -0.339 e. The first-order valence-corrected chi connectivity index (χ1v) is 7.18. The molecule has 6 heteroatoms. The summed E-state index contributed by atoms with van der Waals surface area (Å²) < 4.78 is 0.774. The van der Waals surface area contributed by atoms with Crippen LogP contribution in [-0.2, 0) is 0 Å². The first-order valence-electron chi connectivity index (χ1n) is 4.78. The van der Waals surface area contributed by atoms with Crippen molar-refractivity contribution in [2.45, 2.75) is 4.90 Å². The van der Waals surface area contributed by atoms with Gasteiger partial charge in [-0.05, 0) is 52.0 Å². The number of benzene rings is 1. The number of nitrogens with zero attached hydrogens (tertiary/aromatic N) is 2. The molecule has 17 heavy (non-hydrogen) atoms. The molecule has 0 saturated heterocycles. The van der Waals surface area contributed by atoms with Crippen molar-refractivity contribution in [2.75, 3.05) is 11.6 Å². The maximum atomic E-state index is 5.75. The Morgan fingerprint density at radius 2 is 2.24 bits per heavy atom. The first kappa shape index (κ1) is 12.7. The summed E-state index contributed by atoms with van der Waals surface area (Å²) in [5, 5.41) is 3.41. The summed E-state index contributed by atoms with van der Waals surface area (Å²) in [6.07, 6.45) is 3.66. The van der Waals surface area contributed by atoms with Crippen molar-refractivity contribution in [3.63, 3.8) is 0 Å². The number of aromatic nitrogens is 2. The van der Waals surface area contributed by atoms with E-state index >= 15 is 0 Å². The van der Waals surface area contributed by atoms with Crippen molar-refractivity contribution >= 4 is 50.8 Å². The van der Waals surface area contributed by atoms with Crippen LogP contribution in [0.2, 0.25) is 5.28 Å². The van der Waals surface area contributed by atoms with E-state index in [4.69, 9.17) is 11.6 Å². The largest absolute Gasteiger partial charge is 0.339 e. The van der Waals surface area contributed by atoms with Gasteiger partial charge in [0.05, 0.1) is 4.47 Å². The molecular weight excluding hydrogens is 322 g/mol. The highest BCUT2D eigenvalue weighted by Crippen LogP contribution is 2.26. The Labute approximate surface area is 117 Å². The van der Waals surface area contributed by atoms with E-state index in [1.807, 2.05) is 24.5 Å². The Morgan fingerprint density at radius 1 is 1.41 bits per heavy atom. The lowest BCUT2D eigenvalue weighted by molar-refractivity contribution is 1.15. The van der Waals surface area contributed by atoms with Crippen LogP contribution in [0.5, 0.6) is 0 Å². The fourth-order valence-electron chi connectivity index (χ4n) is 1.27. The van der Waals surface area contributed by atoms with E-state index < -0.39 is 0 Å². The number of thioether (sulfide) groups is 1. The molecule has 1 N–H and O–H groups in total. The van der Waals surface area contributed by atoms with Crippen molar-refractivity contribution < 1.29 is 0 Å². The number of anilines is 2. The summed E-state index contributed by atoms with van der Waals surface area (Å²) in [4.78, 5) is 9.18. The standard InChI is InChI=1S/C11H9BrClN3S/c1-17-8-4-2-3-7(5-8)15-10-9(12)6-14-11(13)16-10/h2-6H,1H3,(H,14,15,16). The summed E-state index contributed by atoms with van der Waals surface area (Å²) in [5.41, 5.74) is 0.965. The smallest absolute Gasteiger partial charge is 0.224 e. The van der Waals surface area contributed by atoms with Gasteiger partial charge < -0.3 is 5.32 Å². The highest BCUT2D eigenvalue weighted by atomic mass is 79.9. The zero-order chi connectivity index (χ0) is 12.3. The minimum absolute atomic E-state index is 0.219. The molecule has 0 saturated carbocycles. The van der Waals surface area contributed by atoms with Gasteiger partial charge >= 0.3 is 0 Å². The molecule has 0 radical (unpaired) electrons. The third-order valence-electron chi connectivity index (χ3n) is 2.05. The Kier molecular flexibility index (Phi) is 4.25. The van der Waals surface area contributed by atoms with E-state index in [9.17, 15) is 0 Å². The fourth-order valence-corrected chi connectivity index (χ4v) is 2.15. The summed E-state index contributed by atoms with van der Waals surface area (Å²) in [5.74, 6) is 0.656. The normalized spacial score (nSPS) is 10.3. The van der Waals surface area contributed by atoms with E-state index in [1.165, 1.54) is 4.90 Å². The predicted molar refractivity (Wildman–Crippen MR) is 76.2 cm³/mol. The second-order valence-corrected chi connectivity index (χ2v) is 5.26. The van der Waals surface area contributed by atoms with Gasteiger partial charge in [0, 0.05) is 16.8 Å². The van der Waals surface area contributed by atoms with Crippen LogP contribution in [0.3, 0.4) is 0 Å². The van der Waals surface area contributed by atoms with Gasteiger partial charge in [0.1, 0.15) is 5.82 Å². The second-order valence-electron chi connectivity index (χ2n) is 3.19. The monoisotopic (exact) mass is 329 g/mol. The maximum Gasteiger partial charge on any atom is 0.224 e. The number of nitrogens with one attached hydrogen (secondary N) is 1. The van der Waals surface area contributed by atoms with Gasteiger partial charge in [-0.1, -0.05) is 6.07 Å². The molecule has 0 amide bonds. The predicted octanol–water partition coefficient (Wildman–Crippen LogP) is 4.36. The average Bonchev–Trinajstić information content (AvgIpc) is 2.34. The van der Waals surface area contributed by atoms with Crippen LogP contribution >= 0.6 is 39.3 Å². The van der Waals surface area contributed by atoms with E-state index in [0.717, 1.165) is 10.2 Å². The minimum atomic E-state index is 0.219. The van der Waals surface area contributed by atoms with Crippen LogP contribution in [0.4, 0.5) is 11.5 Å². The second kappa shape index (κ2) is 5.71. The Morgan fingerprint density at radius 3 is 3.00 bits per heavy atom. The number of halogens is 2. The number of hydrogen-bond acceptors (Lipinski definition) is 4. The molecule has 1 heterocycles. The van der Waals surface area contributed by atoms with Gasteiger partial charge in [-0.15, -0.1) is 11.8 Å². The fraction of sp³-hybridized carbons (Fsp3) is 0.0909. The third-order valence-corrected chi connectivity index (χ3v) is 3.53. The van der Waals surface area contributed by atoms with Crippen LogP contribution in [0.1, 0.15) is 0 Å². The molecule has 88 valence electrons. The van der Waals surface area contributed by atoms with Crippen LogP contribution < -0.4 is 5.32 Å². The van der Waals surface area contributed by atoms with Crippen LogP contribution in [0.25, 0.3) is 0 Å². The van der Waals surface area contributed by atoms with Crippen molar-refractivity contribution in [2.24, 2.45) is 0 Å². The molecule has 0 fully saturated rings. The van der Waals surface area contributed by atoms with Gasteiger partial charge in [0.25, 0.3) is 0 Å². The van der Waals surface area contributed by atoms with Crippen molar-refractivity contribution in [3.8, 4) is 0 Å². The van der Waals surface area contributed by atoms with E-state index in [2.05, 4.69) is 37.3 Å². The maximum absolute atomic E-state index is 5.75. The van der Waals surface area contributed by atoms with Gasteiger partial charge in [0.2, 0.25) is 5.28 Å². The Hall–Kier alpha value is -0.780. The highest BCUT2D eigenvalue weighted by Gasteiger charge is 2.04. The topological polar surface area (TPSA) is 37.8 Å². The van der Waals surface area contributed by atoms with Crippen molar-refractivity contribution in [3.05, 3.63) is 40.2 Å². The summed E-state index contributed by atoms with van der Waals surface area (Å²) in [7, 11) is 0. The molecule has 0 unspecified atom stereocenters. The Bertz CT molecular complexity index is 536. The average molecular weight is 331 g/mol. The van der Waals surface area contributed by atoms with Crippen LogP contribution in [0.15, 0.2) is 39.8 Å². The number of rotatable bonds is 3. The van der Waals surface area contributed by atoms with Crippen molar-refractivity contribution in [1.82, 2.24) is 9.97 Å². The molecule has 1 aromatic carbocycles.